The number of anilines is 1. The third-order valence-corrected chi connectivity index (χ3v) is 3.04. The highest BCUT2D eigenvalue weighted by Crippen LogP contribution is 2.23. The molecule has 1 aromatic carbocycles. The van der Waals surface area contributed by atoms with Crippen molar-refractivity contribution in [3.8, 4) is 0 Å². The standard InChI is InChI=1S/C11H18N4OS/c1-3-8-5-4-6-10(9(8)7-16)15(13)11(17)14(2)12/h4-6,16H,3,7,12-13H2,1-2H3. The van der Waals surface area contributed by atoms with Gasteiger partial charge < -0.3 is 5.11 Å². The Hall–Kier alpha value is -1.21. The van der Waals surface area contributed by atoms with Crippen LogP contribution in [0.15, 0.2) is 18.2 Å². The fourth-order valence-corrected chi connectivity index (χ4v) is 1.73. The average molecular weight is 254 g/mol. The second-order valence-corrected chi connectivity index (χ2v) is 4.06. The van der Waals surface area contributed by atoms with Crippen molar-refractivity contribution < 1.29 is 5.11 Å². The summed E-state index contributed by atoms with van der Waals surface area (Å²) in [7, 11) is 1.62. The monoisotopic (exact) mass is 254 g/mol. The Morgan fingerprint density at radius 3 is 2.53 bits per heavy atom. The van der Waals surface area contributed by atoms with Crippen molar-refractivity contribution in [1.82, 2.24) is 5.01 Å². The zero-order chi connectivity index (χ0) is 13.0. The van der Waals surface area contributed by atoms with Crippen LogP contribution in [0.2, 0.25) is 0 Å². The summed E-state index contributed by atoms with van der Waals surface area (Å²) in [5, 5.41) is 12.3. The maximum atomic E-state index is 9.43. The molecular formula is C11H18N4OS. The van der Waals surface area contributed by atoms with Crippen molar-refractivity contribution >= 4 is 23.0 Å². The van der Waals surface area contributed by atoms with E-state index in [0.717, 1.165) is 17.5 Å². The van der Waals surface area contributed by atoms with E-state index in [-0.39, 0.29) is 11.7 Å². The number of thiocarbonyl (C=S) groups is 1. The molecule has 0 amide bonds. The molecule has 0 aliphatic heterocycles. The fraction of sp³-hybridized carbons (Fsp3) is 0.364. The van der Waals surface area contributed by atoms with Gasteiger partial charge in [-0.25, -0.2) is 11.7 Å². The third kappa shape index (κ3) is 2.92. The van der Waals surface area contributed by atoms with E-state index in [1.807, 2.05) is 19.1 Å². The van der Waals surface area contributed by atoms with E-state index in [0.29, 0.717) is 5.69 Å². The summed E-state index contributed by atoms with van der Waals surface area (Å²) in [5.74, 6) is 11.4. The summed E-state index contributed by atoms with van der Waals surface area (Å²) in [6.07, 6.45) is 0.822. The summed E-state index contributed by atoms with van der Waals surface area (Å²) < 4.78 is 0. The predicted molar refractivity (Wildman–Crippen MR) is 73.0 cm³/mol. The Morgan fingerprint density at radius 1 is 1.41 bits per heavy atom. The van der Waals surface area contributed by atoms with Crippen LogP contribution >= 0.6 is 12.2 Å². The molecule has 0 aromatic heterocycles. The average Bonchev–Trinajstić information content (AvgIpc) is 2.35. The van der Waals surface area contributed by atoms with E-state index in [1.165, 1.54) is 10.0 Å². The van der Waals surface area contributed by atoms with Gasteiger partial charge in [-0.05, 0) is 30.3 Å². The molecule has 1 rings (SSSR count). The molecule has 94 valence electrons. The first kappa shape index (κ1) is 13.9. The molecule has 0 aliphatic rings. The van der Waals surface area contributed by atoms with Gasteiger partial charge in [-0.3, -0.25) is 10.0 Å². The van der Waals surface area contributed by atoms with E-state index < -0.39 is 0 Å². The molecule has 0 atom stereocenters. The first-order chi connectivity index (χ1) is 8.02. The molecule has 0 radical (unpaired) electrons. The number of nitrogens with zero attached hydrogens (tertiary/aromatic N) is 2. The molecule has 0 aliphatic carbocycles. The van der Waals surface area contributed by atoms with Crippen LogP contribution in [-0.4, -0.2) is 22.3 Å². The fourth-order valence-electron chi connectivity index (χ4n) is 1.63. The van der Waals surface area contributed by atoms with E-state index >= 15 is 0 Å². The molecule has 0 saturated carbocycles. The number of benzene rings is 1. The molecular weight excluding hydrogens is 236 g/mol. The van der Waals surface area contributed by atoms with E-state index in [9.17, 15) is 5.11 Å². The highest BCUT2D eigenvalue weighted by Gasteiger charge is 2.15. The predicted octanol–water partition coefficient (Wildman–Crippen LogP) is 0.512. The zero-order valence-corrected chi connectivity index (χ0v) is 10.9. The van der Waals surface area contributed by atoms with Crippen LogP contribution in [0.1, 0.15) is 18.1 Å². The normalized spacial score (nSPS) is 10.2. The van der Waals surface area contributed by atoms with Crippen LogP contribution in [0.4, 0.5) is 5.69 Å². The number of hydrazine groups is 2. The number of aryl methyl sites for hydroxylation is 1. The van der Waals surface area contributed by atoms with E-state index in [2.05, 4.69) is 0 Å². The van der Waals surface area contributed by atoms with Gasteiger partial charge in [0.15, 0.2) is 0 Å². The molecule has 0 fully saturated rings. The number of aliphatic hydroxyl groups excluding tert-OH is 1. The number of rotatable bonds is 3. The van der Waals surface area contributed by atoms with Gasteiger partial charge in [0.25, 0.3) is 0 Å². The third-order valence-electron chi connectivity index (χ3n) is 2.55. The van der Waals surface area contributed by atoms with Crippen molar-refractivity contribution in [2.45, 2.75) is 20.0 Å². The number of nitrogens with two attached hydrogens (primary N) is 2. The van der Waals surface area contributed by atoms with Crippen LogP contribution in [0.3, 0.4) is 0 Å². The Bertz CT molecular complexity index is 408. The molecule has 0 saturated heterocycles. The molecule has 5 nitrogen and oxygen atoms in total. The van der Waals surface area contributed by atoms with Crippen LogP contribution in [0.25, 0.3) is 0 Å². The SMILES string of the molecule is CCc1cccc(N(N)C(=S)N(C)N)c1CO. The quantitative estimate of drug-likeness (QED) is 0.414. The lowest BCUT2D eigenvalue weighted by atomic mass is 10.0. The highest BCUT2D eigenvalue weighted by atomic mass is 32.1. The smallest absolute Gasteiger partial charge is 0.204 e. The Kier molecular flexibility index (Phi) is 4.83. The van der Waals surface area contributed by atoms with E-state index in [4.69, 9.17) is 23.9 Å². The Morgan fingerprint density at radius 2 is 2.06 bits per heavy atom. The summed E-state index contributed by atoms with van der Waals surface area (Å²) >= 11 is 5.09. The number of hydrogen-bond acceptors (Lipinski definition) is 4. The van der Waals surface area contributed by atoms with Crippen molar-refractivity contribution in [2.75, 3.05) is 12.1 Å². The molecule has 0 unspecified atom stereocenters. The zero-order valence-electron chi connectivity index (χ0n) is 10.1. The maximum absolute atomic E-state index is 9.43. The molecule has 5 N–H and O–H groups in total. The van der Waals surface area contributed by atoms with Gasteiger partial charge in [-0.15, -0.1) is 0 Å². The second kappa shape index (κ2) is 5.92. The van der Waals surface area contributed by atoms with Gasteiger partial charge in [-0.2, -0.15) is 0 Å². The van der Waals surface area contributed by atoms with E-state index in [1.54, 1.807) is 13.1 Å². The Labute approximate surface area is 107 Å². The Balaban J connectivity index is 3.17. The van der Waals surface area contributed by atoms with Gasteiger partial charge in [-0.1, -0.05) is 19.1 Å². The van der Waals surface area contributed by atoms with Crippen molar-refractivity contribution in [1.29, 1.82) is 0 Å². The van der Waals surface area contributed by atoms with Crippen molar-refractivity contribution in [2.24, 2.45) is 11.7 Å². The summed E-state index contributed by atoms with van der Waals surface area (Å²) in [6.45, 7) is 1.94. The van der Waals surface area contributed by atoms with Gasteiger partial charge in [0.05, 0.1) is 12.3 Å². The van der Waals surface area contributed by atoms with Gasteiger partial charge in [0.1, 0.15) is 0 Å². The van der Waals surface area contributed by atoms with Crippen molar-refractivity contribution in [3.63, 3.8) is 0 Å². The topological polar surface area (TPSA) is 78.8 Å². The lowest BCUT2D eigenvalue weighted by molar-refractivity contribution is 0.281. The minimum atomic E-state index is -0.0794. The second-order valence-electron chi connectivity index (χ2n) is 3.69. The molecule has 0 spiro atoms. The molecule has 0 heterocycles. The largest absolute Gasteiger partial charge is 0.392 e. The van der Waals surface area contributed by atoms with Crippen LogP contribution in [0, 0.1) is 0 Å². The van der Waals surface area contributed by atoms with Crippen LogP contribution in [-0.2, 0) is 13.0 Å². The van der Waals surface area contributed by atoms with Crippen molar-refractivity contribution in [3.05, 3.63) is 29.3 Å². The summed E-state index contributed by atoms with van der Waals surface area (Å²) in [4.78, 5) is 0. The van der Waals surface area contributed by atoms with Gasteiger partial charge >= 0.3 is 0 Å². The highest BCUT2D eigenvalue weighted by molar-refractivity contribution is 7.80. The minimum absolute atomic E-state index is 0.0794. The van der Waals surface area contributed by atoms with Crippen LogP contribution < -0.4 is 16.7 Å². The summed E-state index contributed by atoms with van der Waals surface area (Å²) in [6, 6.07) is 5.64. The molecule has 6 heteroatoms. The molecule has 1 aromatic rings. The molecule has 17 heavy (non-hydrogen) atoms. The molecule has 0 bridgehead atoms. The minimum Gasteiger partial charge on any atom is -0.392 e. The van der Waals surface area contributed by atoms with Crippen LogP contribution in [0.5, 0.6) is 0 Å². The number of hydrogen-bond donors (Lipinski definition) is 3. The maximum Gasteiger partial charge on any atom is 0.204 e. The first-order valence-electron chi connectivity index (χ1n) is 5.31. The van der Waals surface area contributed by atoms with Gasteiger partial charge in [0, 0.05) is 12.6 Å². The number of aliphatic hydroxyl groups is 1. The lowest BCUT2D eigenvalue weighted by Gasteiger charge is -2.26. The summed E-state index contributed by atoms with van der Waals surface area (Å²) in [5.41, 5.74) is 2.50. The first-order valence-corrected chi connectivity index (χ1v) is 5.72. The van der Waals surface area contributed by atoms with Gasteiger partial charge in [0.2, 0.25) is 5.11 Å². The lowest BCUT2D eigenvalue weighted by Crippen LogP contribution is -2.48.